The van der Waals surface area contributed by atoms with Crippen LogP contribution in [0.15, 0.2) is 30.3 Å². The fourth-order valence-electron chi connectivity index (χ4n) is 2.48. The molecule has 2 atom stereocenters. The summed E-state index contributed by atoms with van der Waals surface area (Å²) in [6, 6.07) is 9.95. The summed E-state index contributed by atoms with van der Waals surface area (Å²) in [5, 5.41) is 0. The Morgan fingerprint density at radius 2 is 2.17 bits per heavy atom. The quantitative estimate of drug-likeness (QED) is 0.517. The molecule has 0 spiro atoms. The molecule has 23 heavy (non-hydrogen) atoms. The fraction of sp³-hybridized carbons (Fsp3) is 0.611. The predicted octanol–water partition coefficient (Wildman–Crippen LogP) is 2.72. The van der Waals surface area contributed by atoms with E-state index in [2.05, 4.69) is 0 Å². The fourth-order valence-corrected chi connectivity index (χ4v) is 2.48. The SMILES string of the molecule is CCOC(=O)C(CCOCc1ccccc1)OC1CCCOC1. The third kappa shape index (κ3) is 6.69. The Morgan fingerprint density at radius 1 is 1.35 bits per heavy atom. The van der Waals surface area contributed by atoms with Gasteiger partial charge in [-0.2, -0.15) is 0 Å². The van der Waals surface area contributed by atoms with E-state index in [4.69, 9.17) is 18.9 Å². The summed E-state index contributed by atoms with van der Waals surface area (Å²) in [4.78, 5) is 12.0. The molecule has 1 aromatic carbocycles. The third-order valence-electron chi connectivity index (χ3n) is 3.66. The molecular formula is C18H26O5. The topological polar surface area (TPSA) is 54.0 Å². The number of benzene rings is 1. The summed E-state index contributed by atoms with van der Waals surface area (Å²) in [7, 11) is 0. The van der Waals surface area contributed by atoms with Crippen molar-refractivity contribution >= 4 is 5.97 Å². The van der Waals surface area contributed by atoms with E-state index < -0.39 is 6.10 Å². The molecule has 0 saturated carbocycles. The zero-order valence-corrected chi connectivity index (χ0v) is 13.7. The van der Waals surface area contributed by atoms with Crippen LogP contribution in [0.3, 0.4) is 0 Å². The Hall–Kier alpha value is -1.43. The highest BCUT2D eigenvalue weighted by atomic mass is 16.6. The Balaban J connectivity index is 1.75. The molecule has 5 heteroatoms. The molecule has 5 nitrogen and oxygen atoms in total. The maximum absolute atomic E-state index is 12.0. The van der Waals surface area contributed by atoms with Crippen molar-refractivity contribution in [1.29, 1.82) is 0 Å². The predicted molar refractivity (Wildman–Crippen MR) is 86.1 cm³/mol. The van der Waals surface area contributed by atoms with E-state index in [0.717, 1.165) is 25.0 Å². The first-order valence-electron chi connectivity index (χ1n) is 8.31. The smallest absolute Gasteiger partial charge is 0.335 e. The molecule has 0 N–H and O–H groups in total. The molecule has 1 aliphatic heterocycles. The van der Waals surface area contributed by atoms with Crippen LogP contribution in [0.2, 0.25) is 0 Å². The molecule has 128 valence electrons. The Labute approximate surface area is 137 Å². The molecule has 0 amide bonds. The van der Waals surface area contributed by atoms with Crippen LogP contribution < -0.4 is 0 Å². The van der Waals surface area contributed by atoms with Crippen LogP contribution in [-0.4, -0.2) is 44.6 Å². The van der Waals surface area contributed by atoms with Gasteiger partial charge in [-0.05, 0) is 25.3 Å². The largest absolute Gasteiger partial charge is 0.464 e. The van der Waals surface area contributed by atoms with Crippen molar-refractivity contribution in [3.05, 3.63) is 35.9 Å². The monoisotopic (exact) mass is 322 g/mol. The van der Waals surface area contributed by atoms with Crippen molar-refractivity contribution in [3.8, 4) is 0 Å². The molecular weight excluding hydrogens is 296 g/mol. The molecule has 2 unspecified atom stereocenters. The standard InChI is InChI=1S/C18H26O5/c1-2-22-18(19)17(23-16-9-6-11-20-14-16)10-12-21-13-15-7-4-3-5-8-15/h3-5,7-8,16-17H,2,6,9-14H2,1H3. The highest BCUT2D eigenvalue weighted by Gasteiger charge is 2.26. The Morgan fingerprint density at radius 3 is 2.87 bits per heavy atom. The highest BCUT2D eigenvalue weighted by molar-refractivity contribution is 5.74. The molecule has 1 saturated heterocycles. The van der Waals surface area contributed by atoms with E-state index in [9.17, 15) is 4.79 Å². The average Bonchev–Trinajstić information content (AvgIpc) is 2.59. The van der Waals surface area contributed by atoms with Gasteiger partial charge in [-0.15, -0.1) is 0 Å². The molecule has 0 aliphatic carbocycles. The number of carbonyl (C=O) groups is 1. The normalized spacial score (nSPS) is 19.3. The summed E-state index contributed by atoms with van der Waals surface area (Å²) in [5.74, 6) is -0.318. The van der Waals surface area contributed by atoms with Crippen molar-refractivity contribution < 1.29 is 23.7 Å². The number of esters is 1. The van der Waals surface area contributed by atoms with Gasteiger partial charge in [0.2, 0.25) is 0 Å². The van der Waals surface area contributed by atoms with Crippen molar-refractivity contribution in [2.75, 3.05) is 26.4 Å². The van der Waals surface area contributed by atoms with Crippen molar-refractivity contribution in [1.82, 2.24) is 0 Å². The van der Waals surface area contributed by atoms with E-state index in [1.54, 1.807) is 6.92 Å². The van der Waals surface area contributed by atoms with E-state index in [1.807, 2.05) is 30.3 Å². The zero-order valence-electron chi connectivity index (χ0n) is 13.7. The summed E-state index contributed by atoms with van der Waals surface area (Å²) in [6.45, 7) is 4.44. The first-order valence-corrected chi connectivity index (χ1v) is 8.31. The number of carbonyl (C=O) groups excluding carboxylic acids is 1. The number of hydrogen-bond acceptors (Lipinski definition) is 5. The molecule has 1 aromatic rings. The zero-order chi connectivity index (χ0) is 16.3. The first-order chi connectivity index (χ1) is 11.3. The average molecular weight is 322 g/mol. The maximum Gasteiger partial charge on any atom is 0.335 e. The summed E-state index contributed by atoms with van der Waals surface area (Å²) < 4.78 is 22.0. The van der Waals surface area contributed by atoms with Gasteiger partial charge in [-0.25, -0.2) is 4.79 Å². The Kier molecular flexibility index (Phi) is 8.07. The molecule has 0 radical (unpaired) electrons. The molecule has 2 rings (SSSR count). The van der Waals surface area contributed by atoms with Crippen LogP contribution in [-0.2, 0) is 30.3 Å². The lowest BCUT2D eigenvalue weighted by Gasteiger charge is -2.26. The lowest BCUT2D eigenvalue weighted by Crippen LogP contribution is -2.36. The summed E-state index contributed by atoms with van der Waals surface area (Å²) >= 11 is 0. The second kappa shape index (κ2) is 10.4. The van der Waals surface area contributed by atoms with E-state index in [-0.39, 0.29) is 12.1 Å². The van der Waals surface area contributed by atoms with Crippen LogP contribution >= 0.6 is 0 Å². The van der Waals surface area contributed by atoms with Gasteiger partial charge in [0.05, 0.1) is 32.5 Å². The van der Waals surface area contributed by atoms with Gasteiger partial charge in [0.25, 0.3) is 0 Å². The van der Waals surface area contributed by atoms with Crippen LogP contribution in [0, 0.1) is 0 Å². The minimum atomic E-state index is -0.586. The molecule has 0 bridgehead atoms. The number of rotatable bonds is 9. The van der Waals surface area contributed by atoms with Gasteiger partial charge in [0.1, 0.15) is 0 Å². The lowest BCUT2D eigenvalue weighted by molar-refractivity contribution is -0.167. The van der Waals surface area contributed by atoms with Crippen LogP contribution in [0.5, 0.6) is 0 Å². The van der Waals surface area contributed by atoms with E-state index >= 15 is 0 Å². The second-order valence-electron chi connectivity index (χ2n) is 5.54. The van der Waals surface area contributed by atoms with Gasteiger partial charge >= 0.3 is 5.97 Å². The number of ether oxygens (including phenoxy) is 4. The lowest BCUT2D eigenvalue weighted by atomic mass is 10.1. The second-order valence-corrected chi connectivity index (χ2v) is 5.54. The minimum Gasteiger partial charge on any atom is -0.464 e. The molecule has 1 heterocycles. The minimum absolute atomic E-state index is 0.0349. The first kappa shape index (κ1) is 17.9. The molecule has 1 fully saturated rings. The third-order valence-corrected chi connectivity index (χ3v) is 3.66. The summed E-state index contributed by atoms with van der Waals surface area (Å²) in [5.41, 5.74) is 1.11. The van der Waals surface area contributed by atoms with E-state index in [1.165, 1.54) is 0 Å². The van der Waals surface area contributed by atoms with Crippen LogP contribution in [0.4, 0.5) is 0 Å². The van der Waals surface area contributed by atoms with Crippen LogP contribution in [0.25, 0.3) is 0 Å². The van der Waals surface area contributed by atoms with Gasteiger partial charge < -0.3 is 18.9 Å². The van der Waals surface area contributed by atoms with Crippen molar-refractivity contribution in [3.63, 3.8) is 0 Å². The van der Waals surface area contributed by atoms with Gasteiger partial charge in [-0.1, -0.05) is 30.3 Å². The maximum atomic E-state index is 12.0. The molecule has 0 aromatic heterocycles. The van der Waals surface area contributed by atoms with Gasteiger partial charge in [-0.3, -0.25) is 0 Å². The Bertz CT molecular complexity index is 442. The highest BCUT2D eigenvalue weighted by Crippen LogP contribution is 2.15. The number of hydrogen-bond donors (Lipinski definition) is 0. The van der Waals surface area contributed by atoms with Gasteiger partial charge in [0.15, 0.2) is 6.10 Å². The van der Waals surface area contributed by atoms with Crippen molar-refractivity contribution in [2.24, 2.45) is 0 Å². The van der Waals surface area contributed by atoms with Crippen molar-refractivity contribution in [2.45, 2.75) is 45.0 Å². The molecule has 1 aliphatic rings. The van der Waals surface area contributed by atoms with Gasteiger partial charge in [0, 0.05) is 13.0 Å². The van der Waals surface area contributed by atoms with Crippen LogP contribution in [0.1, 0.15) is 31.7 Å². The summed E-state index contributed by atoms with van der Waals surface area (Å²) in [6.07, 6.45) is 1.75. The van der Waals surface area contributed by atoms with E-state index in [0.29, 0.717) is 32.8 Å².